The number of piperidine rings is 1. The number of aromatic nitrogens is 1. The van der Waals surface area contributed by atoms with Crippen LogP contribution in [-0.4, -0.2) is 55.7 Å². The largest absolute Gasteiger partial charge is 0.496 e. The molecule has 2 aliphatic rings. The van der Waals surface area contributed by atoms with Crippen molar-refractivity contribution in [1.82, 2.24) is 9.88 Å². The first-order chi connectivity index (χ1) is 14.1. The Hall–Kier alpha value is -2.93. The number of methoxy groups -OCH3 is 2. The fourth-order valence-electron chi connectivity index (χ4n) is 4.29. The molecule has 0 aliphatic carbocycles. The molecule has 7 heteroatoms. The van der Waals surface area contributed by atoms with Gasteiger partial charge in [-0.3, -0.25) is 9.78 Å². The average Bonchev–Trinajstić information content (AvgIpc) is 2.78. The normalized spacial score (nSPS) is 17.5. The van der Waals surface area contributed by atoms with Gasteiger partial charge in [0, 0.05) is 24.8 Å². The van der Waals surface area contributed by atoms with E-state index in [0.29, 0.717) is 43.8 Å². The maximum Gasteiger partial charge on any atom is 0.339 e. The highest BCUT2D eigenvalue weighted by molar-refractivity contribution is 5.94. The van der Waals surface area contributed by atoms with Gasteiger partial charge in [0.2, 0.25) is 0 Å². The molecule has 4 rings (SSSR count). The number of hydrogen-bond donors (Lipinski definition) is 0. The van der Waals surface area contributed by atoms with E-state index in [-0.39, 0.29) is 5.91 Å². The van der Waals surface area contributed by atoms with Crippen molar-refractivity contribution >= 4 is 11.9 Å². The number of carbonyl (C=O) groups is 2. The number of ether oxygens (including phenoxy) is 3. The molecule has 1 spiro atoms. The minimum atomic E-state index is -0.474. The lowest BCUT2D eigenvalue weighted by Gasteiger charge is -2.45. The summed E-state index contributed by atoms with van der Waals surface area (Å²) < 4.78 is 16.6. The van der Waals surface area contributed by atoms with Crippen molar-refractivity contribution < 1.29 is 23.8 Å². The van der Waals surface area contributed by atoms with E-state index in [1.165, 1.54) is 18.9 Å². The Morgan fingerprint density at radius 3 is 2.59 bits per heavy atom. The quantitative estimate of drug-likeness (QED) is 0.742. The van der Waals surface area contributed by atoms with Gasteiger partial charge in [-0.05, 0) is 43.0 Å². The number of amides is 1. The first-order valence-corrected chi connectivity index (χ1v) is 9.72. The second kappa shape index (κ2) is 7.83. The summed E-state index contributed by atoms with van der Waals surface area (Å²) in [4.78, 5) is 30.3. The van der Waals surface area contributed by atoms with Crippen molar-refractivity contribution in [3.63, 3.8) is 0 Å². The highest BCUT2D eigenvalue weighted by atomic mass is 16.5. The number of nitrogens with zero attached hydrogens (tertiary/aromatic N) is 2. The first kappa shape index (κ1) is 19.4. The number of benzene rings is 1. The van der Waals surface area contributed by atoms with Crippen molar-refractivity contribution in [2.24, 2.45) is 0 Å². The van der Waals surface area contributed by atoms with Gasteiger partial charge in [-0.1, -0.05) is 12.1 Å². The third-order valence-electron chi connectivity index (χ3n) is 5.80. The molecular formula is C22H24N2O5. The van der Waals surface area contributed by atoms with Crippen LogP contribution in [0, 0.1) is 0 Å². The molecule has 0 N–H and O–H groups in total. The van der Waals surface area contributed by atoms with Gasteiger partial charge in [0.25, 0.3) is 5.91 Å². The average molecular weight is 396 g/mol. The molecule has 29 heavy (non-hydrogen) atoms. The summed E-state index contributed by atoms with van der Waals surface area (Å²) in [5, 5.41) is 0. The van der Waals surface area contributed by atoms with Gasteiger partial charge in [-0.2, -0.15) is 0 Å². The van der Waals surface area contributed by atoms with E-state index < -0.39 is 11.6 Å². The summed E-state index contributed by atoms with van der Waals surface area (Å²) in [5.74, 6) is 0.229. The second-order valence-corrected chi connectivity index (χ2v) is 7.30. The lowest BCUT2D eigenvalue weighted by atomic mass is 9.78. The Morgan fingerprint density at radius 2 is 1.93 bits per heavy atom. The lowest BCUT2D eigenvalue weighted by Crippen LogP contribution is -2.48. The molecule has 152 valence electrons. The molecule has 1 fully saturated rings. The molecule has 0 radical (unpaired) electrons. The molecule has 1 saturated heterocycles. The maximum absolute atomic E-state index is 12.9. The third-order valence-corrected chi connectivity index (χ3v) is 5.80. The van der Waals surface area contributed by atoms with Gasteiger partial charge in [-0.25, -0.2) is 4.79 Å². The van der Waals surface area contributed by atoms with Gasteiger partial charge in [-0.15, -0.1) is 0 Å². The number of rotatable bonds is 3. The van der Waals surface area contributed by atoms with E-state index in [1.54, 1.807) is 24.1 Å². The van der Waals surface area contributed by atoms with Crippen LogP contribution in [0.4, 0.5) is 0 Å². The summed E-state index contributed by atoms with van der Waals surface area (Å²) in [5.41, 5.74) is 2.60. The van der Waals surface area contributed by atoms with E-state index >= 15 is 0 Å². The minimum Gasteiger partial charge on any atom is -0.496 e. The summed E-state index contributed by atoms with van der Waals surface area (Å²) in [6.07, 6.45) is 3.64. The first-order valence-electron chi connectivity index (χ1n) is 9.72. The van der Waals surface area contributed by atoms with Crippen LogP contribution < -0.4 is 4.74 Å². The monoisotopic (exact) mass is 396 g/mol. The fraction of sp³-hybridized carbons (Fsp3) is 0.409. The lowest BCUT2D eigenvalue weighted by molar-refractivity contribution is -0.0947. The van der Waals surface area contributed by atoms with Gasteiger partial charge in [0.1, 0.15) is 17.0 Å². The Balaban J connectivity index is 1.51. The van der Waals surface area contributed by atoms with Crippen LogP contribution in [0.1, 0.15) is 44.8 Å². The zero-order chi connectivity index (χ0) is 20.4. The van der Waals surface area contributed by atoms with Gasteiger partial charge in [0.05, 0.1) is 26.4 Å². The van der Waals surface area contributed by atoms with Gasteiger partial charge in [0.15, 0.2) is 0 Å². The van der Waals surface area contributed by atoms with Crippen molar-refractivity contribution in [2.45, 2.75) is 24.9 Å². The summed E-state index contributed by atoms with van der Waals surface area (Å²) >= 11 is 0. The molecule has 0 saturated carbocycles. The van der Waals surface area contributed by atoms with E-state index in [9.17, 15) is 9.59 Å². The number of esters is 1. The Kier molecular flexibility index (Phi) is 5.24. The molecular weight excluding hydrogens is 372 g/mol. The molecule has 0 atom stereocenters. The number of likely N-dealkylation sites (tertiary alicyclic amines) is 1. The molecule has 3 heterocycles. The molecule has 1 aromatic heterocycles. The van der Waals surface area contributed by atoms with E-state index in [4.69, 9.17) is 9.47 Å². The van der Waals surface area contributed by atoms with Crippen molar-refractivity contribution in [3.05, 3.63) is 58.9 Å². The van der Waals surface area contributed by atoms with Crippen molar-refractivity contribution in [3.8, 4) is 5.75 Å². The Bertz CT molecular complexity index is 903. The van der Waals surface area contributed by atoms with Gasteiger partial charge >= 0.3 is 5.97 Å². The summed E-state index contributed by atoms with van der Waals surface area (Å²) in [7, 11) is 2.99. The fourth-order valence-corrected chi connectivity index (χ4v) is 4.29. The van der Waals surface area contributed by atoms with Crippen LogP contribution in [0.3, 0.4) is 0 Å². The standard InChI is InChI=1S/C22H24N2O5/c1-27-18-5-3-4-15-8-13-29-22(19(15)18)9-11-24(12-10-22)20(25)17-7-6-16(14-23-17)21(26)28-2/h3-7,14H,8-13H2,1-2H3. The molecule has 1 aromatic carbocycles. The molecule has 2 aromatic rings. The zero-order valence-corrected chi connectivity index (χ0v) is 16.6. The topological polar surface area (TPSA) is 78.0 Å². The molecule has 1 amide bonds. The Morgan fingerprint density at radius 1 is 1.14 bits per heavy atom. The highest BCUT2D eigenvalue weighted by Crippen LogP contribution is 2.45. The number of carbonyl (C=O) groups excluding carboxylic acids is 2. The van der Waals surface area contributed by atoms with E-state index in [1.807, 2.05) is 12.1 Å². The predicted molar refractivity (Wildman–Crippen MR) is 105 cm³/mol. The third kappa shape index (κ3) is 3.46. The van der Waals surface area contributed by atoms with E-state index in [0.717, 1.165) is 17.7 Å². The Labute approximate surface area is 169 Å². The number of pyridine rings is 1. The van der Waals surface area contributed by atoms with Crippen LogP contribution in [0.5, 0.6) is 5.75 Å². The molecule has 0 unspecified atom stereocenters. The minimum absolute atomic E-state index is 0.146. The molecule has 0 bridgehead atoms. The van der Waals surface area contributed by atoms with Crippen LogP contribution in [-0.2, 0) is 21.5 Å². The van der Waals surface area contributed by atoms with Crippen LogP contribution in [0.15, 0.2) is 36.5 Å². The van der Waals surface area contributed by atoms with Crippen LogP contribution in [0.25, 0.3) is 0 Å². The van der Waals surface area contributed by atoms with Crippen LogP contribution >= 0.6 is 0 Å². The summed E-state index contributed by atoms with van der Waals surface area (Å²) in [6.45, 7) is 1.80. The molecule has 2 aliphatic heterocycles. The predicted octanol–water partition coefficient (Wildman–Crippen LogP) is 2.58. The summed E-state index contributed by atoms with van der Waals surface area (Å²) in [6, 6.07) is 9.24. The SMILES string of the molecule is COC(=O)c1ccc(C(=O)N2CCC3(CC2)OCCc2cccc(OC)c23)nc1. The van der Waals surface area contributed by atoms with Crippen molar-refractivity contribution in [1.29, 1.82) is 0 Å². The zero-order valence-electron chi connectivity index (χ0n) is 16.6. The number of fused-ring (bicyclic) bond motifs is 2. The van der Waals surface area contributed by atoms with E-state index in [2.05, 4.69) is 15.8 Å². The maximum atomic E-state index is 12.9. The molecule has 7 nitrogen and oxygen atoms in total. The van der Waals surface area contributed by atoms with Crippen molar-refractivity contribution in [2.75, 3.05) is 33.9 Å². The second-order valence-electron chi connectivity index (χ2n) is 7.30. The van der Waals surface area contributed by atoms with Crippen LogP contribution in [0.2, 0.25) is 0 Å². The number of hydrogen-bond acceptors (Lipinski definition) is 6. The highest BCUT2D eigenvalue weighted by Gasteiger charge is 2.43. The smallest absolute Gasteiger partial charge is 0.339 e. The van der Waals surface area contributed by atoms with Gasteiger partial charge < -0.3 is 19.1 Å².